The Morgan fingerprint density at radius 3 is 2.67 bits per heavy atom. The highest BCUT2D eigenvalue weighted by molar-refractivity contribution is 5.81. The molecule has 2 N–H and O–H groups in total. The second-order valence-electron chi connectivity index (χ2n) is 4.79. The van der Waals surface area contributed by atoms with Crippen LogP contribution in [0.25, 0.3) is 0 Å². The molecule has 1 heterocycles. The summed E-state index contributed by atoms with van der Waals surface area (Å²) in [5.74, 6) is 0.0482. The summed E-state index contributed by atoms with van der Waals surface area (Å²) in [6.07, 6.45) is -0.626. The van der Waals surface area contributed by atoms with Crippen LogP contribution in [0.15, 0.2) is 0 Å². The van der Waals surface area contributed by atoms with E-state index in [4.69, 9.17) is 4.74 Å². The number of rotatable bonds is 6. The molecule has 2 atom stereocenters. The van der Waals surface area contributed by atoms with Crippen molar-refractivity contribution < 1.29 is 14.6 Å². The lowest BCUT2D eigenvalue weighted by molar-refractivity contribution is -0.137. The number of nitrogens with zero attached hydrogens (tertiary/aromatic N) is 2. The number of carbonyl (C=O) groups excluding carboxylic acids is 1. The Balaban J connectivity index is 2.41. The van der Waals surface area contributed by atoms with Gasteiger partial charge in [0.2, 0.25) is 5.91 Å². The van der Waals surface area contributed by atoms with E-state index in [9.17, 15) is 9.90 Å². The summed E-state index contributed by atoms with van der Waals surface area (Å²) in [5, 5.41) is 12.9. The van der Waals surface area contributed by atoms with E-state index in [0.29, 0.717) is 6.54 Å². The van der Waals surface area contributed by atoms with E-state index in [1.165, 1.54) is 7.11 Å². The van der Waals surface area contributed by atoms with Crippen molar-refractivity contribution in [2.75, 3.05) is 53.5 Å². The van der Waals surface area contributed by atoms with E-state index in [1.807, 2.05) is 6.92 Å². The quantitative estimate of drug-likeness (QED) is 0.624. The van der Waals surface area contributed by atoms with Crippen LogP contribution < -0.4 is 5.32 Å². The van der Waals surface area contributed by atoms with Gasteiger partial charge in [0.25, 0.3) is 0 Å². The first kappa shape index (κ1) is 15.4. The summed E-state index contributed by atoms with van der Waals surface area (Å²) in [6.45, 7) is 6.11. The zero-order valence-electron chi connectivity index (χ0n) is 11.6. The maximum absolute atomic E-state index is 12.2. The molecule has 1 fully saturated rings. The molecule has 1 rings (SSSR count). The van der Waals surface area contributed by atoms with Gasteiger partial charge in [-0.1, -0.05) is 0 Å². The maximum Gasteiger partial charge on any atom is 0.239 e. The van der Waals surface area contributed by atoms with Gasteiger partial charge < -0.3 is 20.1 Å². The van der Waals surface area contributed by atoms with Gasteiger partial charge in [0.1, 0.15) is 0 Å². The number of piperazine rings is 1. The molecule has 0 aliphatic carbocycles. The minimum Gasteiger partial charge on any atom is -0.389 e. The van der Waals surface area contributed by atoms with Crippen molar-refractivity contribution in [3.63, 3.8) is 0 Å². The minimum atomic E-state index is -0.626. The van der Waals surface area contributed by atoms with Gasteiger partial charge in [-0.3, -0.25) is 9.69 Å². The molecule has 1 amide bonds. The highest BCUT2D eigenvalue weighted by atomic mass is 16.5. The molecule has 6 heteroatoms. The molecular weight excluding hydrogens is 234 g/mol. The molecule has 1 aliphatic rings. The van der Waals surface area contributed by atoms with Crippen molar-refractivity contribution >= 4 is 5.91 Å². The van der Waals surface area contributed by atoms with Crippen LogP contribution in [0.1, 0.15) is 6.92 Å². The lowest BCUT2D eigenvalue weighted by Gasteiger charge is -2.34. The van der Waals surface area contributed by atoms with Crippen LogP contribution in [-0.4, -0.2) is 86.4 Å². The number of likely N-dealkylation sites (N-methyl/N-ethyl adjacent to an activating group) is 1. The Hall–Kier alpha value is -0.690. The number of hydrogen-bond acceptors (Lipinski definition) is 5. The zero-order valence-corrected chi connectivity index (χ0v) is 11.6. The predicted octanol–water partition coefficient (Wildman–Crippen LogP) is -1.25. The first-order valence-corrected chi connectivity index (χ1v) is 6.43. The molecule has 1 aliphatic heterocycles. The number of methoxy groups -OCH3 is 1. The van der Waals surface area contributed by atoms with Gasteiger partial charge >= 0.3 is 0 Å². The number of ether oxygens (including phenoxy) is 1. The van der Waals surface area contributed by atoms with Gasteiger partial charge in [-0.05, 0) is 6.92 Å². The molecule has 6 nitrogen and oxygen atoms in total. The molecule has 0 saturated carbocycles. The Kier molecular flexibility index (Phi) is 6.56. The van der Waals surface area contributed by atoms with Gasteiger partial charge in [0.15, 0.2) is 0 Å². The van der Waals surface area contributed by atoms with Crippen LogP contribution in [0, 0.1) is 0 Å². The summed E-state index contributed by atoms with van der Waals surface area (Å²) in [5.41, 5.74) is 0. The largest absolute Gasteiger partial charge is 0.389 e. The van der Waals surface area contributed by atoms with Crippen molar-refractivity contribution in [2.45, 2.75) is 19.1 Å². The fourth-order valence-corrected chi connectivity index (χ4v) is 2.20. The number of carbonyl (C=O) groups is 1. The van der Waals surface area contributed by atoms with Crippen LogP contribution in [-0.2, 0) is 9.53 Å². The van der Waals surface area contributed by atoms with E-state index < -0.39 is 6.10 Å². The van der Waals surface area contributed by atoms with E-state index >= 15 is 0 Å². The van der Waals surface area contributed by atoms with Crippen molar-refractivity contribution in [3.8, 4) is 0 Å². The lowest BCUT2D eigenvalue weighted by Crippen LogP contribution is -2.53. The predicted molar refractivity (Wildman–Crippen MR) is 69.4 cm³/mol. The third-order valence-electron chi connectivity index (χ3n) is 3.28. The second kappa shape index (κ2) is 7.68. The number of hydrogen-bond donors (Lipinski definition) is 2. The Morgan fingerprint density at radius 1 is 1.50 bits per heavy atom. The molecule has 0 aromatic heterocycles. The summed E-state index contributed by atoms with van der Waals surface area (Å²) in [6, 6.07) is -0.133. The highest BCUT2D eigenvalue weighted by Gasteiger charge is 2.25. The molecule has 0 aromatic rings. The zero-order chi connectivity index (χ0) is 13.5. The van der Waals surface area contributed by atoms with Gasteiger partial charge in [-0.15, -0.1) is 0 Å². The van der Waals surface area contributed by atoms with Gasteiger partial charge in [-0.25, -0.2) is 0 Å². The van der Waals surface area contributed by atoms with E-state index in [1.54, 1.807) is 11.9 Å². The normalized spacial score (nSPS) is 20.4. The molecular formula is C12H25N3O3. The van der Waals surface area contributed by atoms with Crippen molar-refractivity contribution in [3.05, 3.63) is 0 Å². The number of nitrogens with one attached hydrogen (secondary N) is 1. The summed E-state index contributed by atoms with van der Waals surface area (Å²) >= 11 is 0. The Labute approximate surface area is 109 Å². The highest BCUT2D eigenvalue weighted by Crippen LogP contribution is 2.05. The molecule has 0 bridgehead atoms. The first-order valence-electron chi connectivity index (χ1n) is 6.43. The van der Waals surface area contributed by atoms with E-state index in [-0.39, 0.29) is 18.6 Å². The standard InChI is InChI=1S/C12H25N3O3/c1-10(15-6-4-13-5-7-15)12(17)14(2)8-11(16)9-18-3/h10-11,13,16H,4-9H2,1-3H3. The SMILES string of the molecule is COCC(O)CN(C)C(=O)C(C)N1CCNCC1. The van der Waals surface area contributed by atoms with Crippen LogP contribution in [0.3, 0.4) is 0 Å². The summed E-state index contributed by atoms with van der Waals surface area (Å²) in [4.78, 5) is 15.9. The van der Waals surface area contributed by atoms with Crippen molar-refractivity contribution in [1.29, 1.82) is 0 Å². The van der Waals surface area contributed by atoms with Crippen LogP contribution in [0.2, 0.25) is 0 Å². The third-order valence-corrected chi connectivity index (χ3v) is 3.28. The summed E-state index contributed by atoms with van der Waals surface area (Å²) in [7, 11) is 3.26. The number of aliphatic hydroxyl groups is 1. The molecule has 0 aromatic carbocycles. The van der Waals surface area contributed by atoms with E-state index in [0.717, 1.165) is 26.2 Å². The van der Waals surface area contributed by atoms with Crippen LogP contribution in [0.4, 0.5) is 0 Å². The monoisotopic (exact) mass is 259 g/mol. The molecule has 1 saturated heterocycles. The molecule has 106 valence electrons. The molecule has 0 spiro atoms. The fourth-order valence-electron chi connectivity index (χ4n) is 2.20. The van der Waals surface area contributed by atoms with Gasteiger partial charge in [-0.2, -0.15) is 0 Å². The second-order valence-corrected chi connectivity index (χ2v) is 4.79. The fraction of sp³-hybridized carbons (Fsp3) is 0.917. The van der Waals surface area contributed by atoms with Crippen LogP contribution >= 0.6 is 0 Å². The van der Waals surface area contributed by atoms with Crippen molar-refractivity contribution in [1.82, 2.24) is 15.1 Å². The average Bonchev–Trinajstić information content (AvgIpc) is 2.38. The van der Waals surface area contributed by atoms with Crippen LogP contribution in [0.5, 0.6) is 0 Å². The Morgan fingerprint density at radius 2 is 2.11 bits per heavy atom. The van der Waals surface area contributed by atoms with Gasteiger partial charge in [0.05, 0.1) is 18.8 Å². The average molecular weight is 259 g/mol. The van der Waals surface area contributed by atoms with Crippen molar-refractivity contribution in [2.24, 2.45) is 0 Å². The topological polar surface area (TPSA) is 65.0 Å². The van der Waals surface area contributed by atoms with Gasteiger partial charge in [0, 0.05) is 46.9 Å². The minimum absolute atomic E-state index is 0.0482. The summed E-state index contributed by atoms with van der Waals surface area (Å²) < 4.78 is 4.85. The number of amides is 1. The van der Waals surface area contributed by atoms with E-state index in [2.05, 4.69) is 10.2 Å². The maximum atomic E-state index is 12.2. The Bertz CT molecular complexity index is 257. The molecule has 18 heavy (non-hydrogen) atoms. The molecule has 0 radical (unpaired) electrons. The molecule has 2 unspecified atom stereocenters. The smallest absolute Gasteiger partial charge is 0.239 e. The number of aliphatic hydroxyl groups excluding tert-OH is 1. The third kappa shape index (κ3) is 4.53. The lowest BCUT2D eigenvalue weighted by atomic mass is 10.2. The first-order chi connectivity index (χ1) is 8.56.